The van der Waals surface area contributed by atoms with Gasteiger partial charge in [-0.3, -0.25) is 0 Å². The Kier molecular flexibility index (Phi) is 2.58. The summed E-state index contributed by atoms with van der Waals surface area (Å²) in [5, 5.41) is 0. The van der Waals surface area contributed by atoms with Crippen molar-refractivity contribution in [3.05, 3.63) is 34.6 Å². The van der Waals surface area contributed by atoms with Gasteiger partial charge in [-0.1, -0.05) is 6.07 Å². The molecule has 1 heterocycles. The van der Waals surface area contributed by atoms with E-state index in [0.717, 1.165) is 22.6 Å². The molecule has 0 aliphatic carbocycles. The number of benzene rings is 1. The van der Waals surface area contributed by atoms with Crippen LogP contribution in [-0.2, 0) is 0 Å². The second kappa shape index (κ2) is 3.80. The van der Waals surface area contributed by atoms with Gasteiger partial charge in [-0.2, -0.15) is 0 Å². The van der Waals surface area contributed by atoms with Crippen LogP contribution in [-0.4, -0.2) is 9.66 Å². The van der Waals surface area contributed by atoms with Crippen LogP contribution in [0, 0.1) is 27.7 Å². The predicted octanol–water partition coefficient (Wildman–Crippen LogP) is 2.08. The van der Waals surface area contributed by atoms with E-state index in [-0.39, 0.29) is 0 Å². The number of nitrogens with two attached hydrogens (primary N) is 2. The average molecular weight is 230 g/mol. The summed E-state index contributed by atoms with van der Waals surface area (Å²) in [6.45, 7) is 8.09. The van der Waals surface area contributed by atoms with Gasteiger partial charge < -0.3 is 11.6 Å². The molecule has 0 aliphatic heterocycles. The van der Waals surface area contributed by atoms with E-state index < -0.39 is 0 Å². The maximum atomic E-state index is 5.97. The highest BCUT2D eigenvalue weighted by atomic mass is 15.4. The first-order chi connectivity index (χ1) is 7.91. The molecule has 4 nitrogen and oxygen atoms in total. The van der Waals surface area contributed by atoms with E-state index in [4.69, 9.17) is 11.6 Å². The molecule has 0 bridgehead atoms. The molecule has 1 aromatic heterocycles. The third-order valence-corrected chi connectivity index (χ3v) is 3.22. The van der Waals surface area contributed by atoms with Crippen molar-refractivity contribution in [3.8, 4) is 11.3 Å². The molecule has 0 radical (unpaired) electrons. The van der Waals surface area contributed by atoms with Gasteiger partial charge in [-0.25, -0.2) is 9.66 Å². The summed E-state index contributed by atoms with van der Waals surface area (Å²) in [5.74, 6) is 7.01. The van der Waals surface area contributed by atoms with Crippen LogP contribution in [0.1, 0.15) is 22.5 Å². The van der Waals surface area contributed by atoms with Crippen LogP contribution >= 0.6 is 0 Å². The van der Waals surface area contributed by atoms with Crippen molar-refractivity contribution in [3.63, 3.8) is 0 Å². The highest BCUT2D eigenvalue weighted by Crippen LogP contribution is 2.29. The summed E-state index contributed by atoms with van der Waals surface area (Å²) in [4.78, 5) is 4.42. The fourth-order valence-corrected chi connectivity index (χ4v) is 1.98. The Balaban J connectivity index is 2.68. The number of rotatable bonds is 1. The molecule has 0 unspecified atom stereocenters. The molecule has 0 atom stereocenters. The molecule has 2 rings (SSSR count). The molecule has 1 aromatic carbocycles. The molecule has 4 heteroatoms. The van der Waals surface area contributed by atoms with E-state index in [9.17, 15) is 0 Å². The lowest BCUT2D eigenvalue weighted by molar-refractivity contribution is 0.937. The zero-order chi connectivity index (χ0) is 12.7. The number of aromatic nitrogens is 2. The number of aryl methyl sites for hydroxylation is 4. The van der Waals surface area contributed by atoms with Crippen molar-refractivity contribution in [2.45, 2.75) is 27.7 Å². The molecule has 0 saturated heterocycles. The van der Waals surface area contributed by atoms with E-state index in [0.29, 0.717) is 5.82 Å². The minimum Gasteiger partial charge on any atom is -0.382 e. The highest BCUT2D eigenvalue weighted by molar-refractivity contribution is 5.74. The quantitative estimate of drug-likeness (QED) is 0.737. The Labute approximate surface area is 101 Å². The van der Waals surface area contributed by atoms with E-state index in [1.165, 1.54) is 15.8 Å². The molecule has 17 heavy (non-hydrogen) atoms. The first-order valence-corrected chi connectivity index (χ1v) is 5.60. The Bertz CT molecular complexity index is 582. The molecule has 0 amide bonds. The van der Waals surface area contributed by atoms with Gasteiger partial charge >= 0.3 is 0 Å². The van der Waals surface area contributed by atoms with Gasteiger partial charge in [0.05, 0.1) is 0 Å². The Morgan fingerprint density at radius 1 is 1.00 bits per heavy atom. The van der Waals surface area contributed by atoms with Gasteiger partial charge in [0.15, 0.2) is 5.82 Å². The lowest BCUT2D eigenvalue weighted by atomic mass is 9.99. The van der Waals surface area contributed by atoms with E-state index >= 15 is 0 Å². The van der Waals surface area contributed by atoms with Crippen LogP contribution in [0.25, 0.3) is 11.3 Å². The van der Waals surface area contributed by atoms with E-state index in [1.54, 1.807) is 0 Å². The van der Waals surface area contributed by atoms with Crippen molar-refractivity contribution in [1.82, 2.24) is 9.66 Å². The topological polar surface area (TPSA) is 69.9 Å². The first kappa shape index (κ1) is 11.5. The van der Waals surface area contributed by atoms with Gasteiger partial charge in [-0.15, -0.1) is 0 Å². The van der Waals surface area contributed by atoms with Crippen molar-refractivity contribution >= 4 is 5.82 Å². The second-order valence-electron chi connectivity index (χ2n) is 4.51. The van der Waals surface area contributed by atoms with Gasteiger partial charge in [0.2, 0.25) is 0 Å². The van der Waals surface area contributed by atoms with E-state index in [1.807, 2.05) is 6.92 Å². The van der Waals surface area contributed by atoms with E-state index in [2.05, 4.69) is 37.9 Å². The first-order valence-electron chi connectivity index (χ1n) is 5.60. The van der Waals surface area contributed by atoms with Crippen LogP contribution in [0.4, 0.5) is 5.82 Å². The van der Waals surface area contributed by atoms with Crippen LogP contribution < -0.4 is 11.6 Å². The second-order valence-corrected chi connectivity index (χ2v) is 4.51. The lowest BCUT2D eigenvalue weighted by Gasteiger charge is -2.08. The maximum Gasteiger partial charge on any atom is 0.150 e. The molecule has 0 aliphatic rings. The lowest BCUT2D eigenvalue weighted by Crippen LogP contribution is -2.13. The summed E-state index contributed by atoms with van der Waals surface area (Å²) in [7, 11) is 0. The summed E-state index contributed by atoms with van der Waals surface area (Å²) >= 11 is 0. The number of anilines is 1. The summed E-state index contributed by atoms with van der Waals surface area (Å²) in [6.07, 6.45) is 0. The maximum absolute atomic E-state index is 5.97. The molecule has 0 fully saturated rings. The SMILES string of the molecule is Cc1cc(C)c(-c2nc(C)n(N)c2N)cc1C. The predicted molar refractivity (Wildman–Crippen MR) is 71.2 cm³/mol. The molecule has 2 aromatic rings. The standard InChI is InChI=1S/C13H18N4/c1-7-5-9(3)11(6-8(7)2)12-13(14)17(15)10(4)16-12/h5-6H,14-15H2,1-4H3. The molecule has 0 saturated carbocycles. The third kappa shape index (κ3) is 1.75. The summed E-state index contributed by atoms with van der Waals surface area (Å²) < 4.78 is 1.42. The number of nitrogens with zero attached hydrogens (tertiary/aromatic N) is 2. The zero-order valence-electron chi connectivity index (χ0n) is 10.7. The zero-order valence-corrected chi connectivity index (χ0v) is 10.7. The Morgan fingerprint density at radius 3 is 2.12 bits per heavy atom. The number of nitrogen functional groups attached to an aromatic ring is 2. The smallest absolute Gasteiger partial charge is 0.150 e. The highest BCUT2D eigenvalue weighted by Gasteiger charge is 2.14. The van der Waals surface area contributed by atoms with Gasteiger partial charge in [-0.05, 0) is 50.5 Å². The minimum absolute atomic E-state index is 0.508. The van der Waals surface area contributed by atoms with Crippen LogP contribution in [0.5, 0.6) is 0 Å². The number of hydrogen-bond acceptors (Lipinski definition) is 3. The van der Waals surface area contributed by atoms with Crippen molar-refractivity contribution in [1.29, 1.82) is 0 Å². The molecule has 90 valence electrons. The van der Waals surface area contributed by atoms with Crippen LogP contribution in [0.3, 0.4) is 0 Å². The molecular formula is C13H18N4. The van der Waals surface area contributed by atoms with Gasteiger partial charge in [0, 0.05) is 5.56 Å². The fourth-order valence-electron chi connectivity index (χ4n) is 1.98. The average Bonchev–Trinajstić information content (AvgIpc) is 2.51. The summed E-state index contributed by atoms with van der Waals surface area (Å²) in [5.41, 5.74) is 11.5. The fraction of sp³-hybridized carbons (Fsp3) is 0.308. The largest absolute Gasteiger partial charge is 0.382 e. The van der Waals surface area contributed by atoms with Crippen molar-refractivity contribution in [2.75, 3.05) is 11.6 Å². The number of hydrogen-bond donors (Lipinski definition) is 2. The Morgan fingerprint density at radius 2 is 1.59 bits per heavy atom. The van der Waals surface area contributed by atoms with Crippen LogP contribution in [0.15, 0.2) is 12.1 Å². The van der Waals surface area contributed by atoms with Gasteiger partial charge in [0.1, 0.15) is 11.5 Å². The third-order valence-electron chi connectivity index (χ3n) is 3.22. The monoisotopic (exact) mass is 230 g/mol. The summed E-state index contributed by atoms with van der Waals surface area (Å²) in [6, 6.07) is 4.26. The molecule has 4 N–H and O–H groups in total. The minimum atomic E-state index is 0.508. The number of imidazole rings is 1. The van der Waals surface area contributed by atoms with Crippen molar-refractivity contribution in [2.24, 2.45) is 0 Å². The normalized spacial score (nSPS) is 10.8. The Hall–Kier alpha value is -1.97. The molecular weight excluding hydrogens is 212 g/mol. The van der Waals surface area contributed by atoms with Gasteiger partial charge in [0.25, 0.3) is 0 Å². The van der Waals surface area contributed by atoms with Crippen molar-refractivity contribution < 1.29 is 0 Å². The van der Waals surface area contributed by atoms with Crippen LogP contribution in [0.2, 0.25) is 0 Å². The molecule has 0 spiro atoms.